The standard InChI is InChI=1S/C29H42BN5O3/c1-30(38)34-19-21-17-33(18-22(21)20-34)28(36)27-29(37)35(26-12-8-7-11-25(26)31-27)24-13-15-32(16-14-24)23-9-5-3-2-4-6-10-23/h7-8,11-12,21-24,38H,2-6,9-10,13-20H2,1H3. The number of likely N-dealkylation sites (tertiary alicyclic amines) is 2. The third-order valence-corrected chi connectivity index (χ3v) is 9.78. The Hall–Kier alpha value is -2.23. The van der Waals surface area contributed by atoms with Crippen LogP contribution in [0.1, 0.15) is 74.3 Å². The molecule has 1 saturated carbocycles. The van der Waals surface area contributed by atoms with Crippen LogP contribution in [-0.2, 0) is 0 Å². The molecule has 6 rings (SSSR count). The molecule has 204 valence electrons. The lowest BCUT2D eigenvalue weighted by atomic mass is 9.85. The van der Waals surface area contributed by atoms with Gasteiger partial charge in [0.2, 0.25) is 0 Å². The zero-order valence-corrected chi connectivity index (χ0v) is 22.8. The second kappa shape index (κ2) is 11.1. The predicted molar refractivity (Wildman–Crippen MR) is 150 cm³/mol. The molecule has 1 N–H and O–H groups in total. The molecule has 38 heavy (non-hydrogen) atoms. The number of carbonyl (C=O) groups is 1. The van der Waals surface area contributed by atoms with Crippen molar-refractivity contribution < 1.29 is 9.82 Å². The summed E-state index contributed by atoms with van der Waals surface area (Å²) in [5.74, 6) is 0.446. The number of fused-ring (bicyclic) bond motifs is 2. The number of piperidine rings is 1. The fourth-order valence-corrected chi connectivity index (χ4v) is 7.62. The van der Waals surface area contributed by atoms with Gasteiger partial charge in [0, 0.05) is 38.3 Å². The zero-order chi connectivity index (χ0) is 26.2. The molecule has 2 unspecified atom stereocenters. The minimum absolute atomic E-state index is 0.0681. The van der Waals surface area contributed by atoms with Gasteiger partial charge < -0.3 is 24.2 Å². The van der Waals surface area contributed by atoms with Crippen molar-refractivity contribution in [3.05, 3.63) is 40.3 Å². The summed E-state index contributed by atoms with van der Waals surface area (Å²) in [5, 5.41) is 9.95. The second-order valence-electron chi connectivity index (χ2n) is 12.2. The number of hydrogen-bond acceptors (Lipinski definition) is 6. The number of hydrogen-bond donors (Lipinski definition) is 1. The van der Waals surface area contributed by atoms with Crippen molar-refractivity contribution in [2.24, 2.45) is 11.8 Å². The minimum atomic E-state index is -0.461. The Bertz CT molecular complexity index is 1190. The summed E-state index contributed by atoms with van der Waals surface area (Å²) >= 11 is 0. The Labute approximate surface area is 226 Å². The Balaban J connectivity index is 1.22. The molecule has 0 spiro atoms. The number of para-hydroxylation sites is 2. The lowest BCUT2D eigenvalue weighted by molar-refractivity contribution is 0.0768. The first kappa shape index (κ1) is 26.0. The molecule has 2 aromatic rings. The van der Waals surface area contributed by atoms with E-state index in [2.05, 4.69) is 14.7 Å². The molecule has 1 aliphatic carbocycles. The van der Waals surface area contributed by atoms with Crippen LogP contribution in [0.3, 0.4) is 0 Å². The van der Waals surface area contributed by atoms with Gasteiger partial charge in [0.1, 0.15) is 0 Å². The van der Waals surface area contributed by atoms with Crippen molar-refractivity contribution in [1.82, 2.24) is 24.2 Å². The maximum atomic E-state index is 13.9. The molecule has 1 aromatic heterocycles. The molecule has 0 bridgehead atoms. The van der Waals surface area contributed by atoms with Crippen LogP contribution in [0.25, 0.3) is 11.0 Å². The average Bonchev–Trinajstić information content (AvgIpc) is 3.48. The van der Waals surface area contributed by atoms with Crippen molar-refractivity contribution >= 4 is 24.0 Å². The molecule has 3 saturated heterocycles. The highest BCUT2D eigenvalue weighted by Gasteiger charge is 2.44. The Morgan fingerprint density at radius 2 is 1.53 bits per heavy atom. The van der Waals surface area contributed by atoms with Crippen LogP contribution in [-0.4, -0.2) is 87.5 Å². The second-order valence-corrected chi connectivity index (χ2v) is 12.2. The van der Waals surface area contributed by atoms with E-state index >= 15 is 0 Å². The van der Waals surface area contributed by atoms with Crippen molar-refractivity contribution in [3.8, 4) is 0 Å². The van der Waals surface area contributed by atoms with Crippen LogP contribution in [0.2, 0.25) is 6.82 Å². The monoisotopic (exact) mass is 519 g/mol. The largest absolute Gasteiger partial charge is 0.437 e. The van der Waals surface area contributed by atoms with Gasteiger partial charge >= 0.3 is 7.05 Å². The van der Waals surface area contributed by atoms with Gasteiger partial charge in [0.25, 0.3) is 11.5 Å². The molecular weight excluding hydrogens is 477 g/mol. The van der Waals surface area contributed by atoms with Crippen molar-refractivity contribution in [2.45, 2.75) is 76.7 Å². The molecule has 2 atom stereocenters. The lowest BCUT2D eigenvalue weighted by Crippen LogP contribution is -2.45. The maximum absolute atomic E-state index is 13.9. The normalized spacial score (nSPS) is 26.4. The number of carbonyl (C=O) groups excluding carboxylic acids is 1. The number of amides is 1. The number of benzene rings is 1. The summed E-state index contributed by atoms with van der Waals surface area (Å²) in [6.07, 6.45) is 11.2. The van der Waals surface area contributed by atoms with Crippen LogP contribution in [0.15, 0.2) is 29.1 Å². The van der Waals surface area contributed by atoms with Gasteiger partial charge in [-0.05, 0) is 69.6 Å². The van der Waals surface area contributed by atoms with Gasteiger partial charge in [-0.15, -0.1) is 0 Å². The van der Waals surface area contributed by atoms with E-state index < -0.39 is 7.05 Å². The Morgan fingerprint density at radius 1 is 0.895 bits per heavy atom. The molecule has 4 fully saturated rings. The van der Waals surface area contributed by atoms with Gasteiger partial charge in [0.15, 0.2) is 5.69 Å². The maximum Gasteiger partial charge on any atom is 0.376 e. The topological polar surface area (TPSA) is 81.9 Å². The van der Waals surface area contributed by atoms with E-state index in [1.807, 2.05) is 33.7 Å². The third-order valence-electron chi connectivity index (χ3n) is 9.78. The van der Waals surface area contributed by atoms with E-state index in [4.69, 9.17) is 0 Å². The predicted octanol–water partition coefficient (Wildman–Crippen LogP) is 3.26. The lowest BCUT2D eigenvalue weighted by Gasteiger charge is -2.39. The first-order valence-electron chi connectivity index (χ1n) is 15.0. The van der Waals surface area contributed by atoms with Gasteiger partial charge in [0.05, 0.1) is 11.0 Å². The molecule has 1 aromatic carbocycles. The molecule has 9 heteroatoms. The number of aromatic nitrogens is 2. The highest BCUT2D eigenvalue weighted by Crippen LogP contribution is 2.33. The summed E-state index contributed by atoms with van der Waals surface area (Å²) in [5.41, 5.74) is 1.39. The summed E-state index contributed by atoms with van der Waals surface area (Å²) in [7, 11) is -0.461. The van der Waals surface area contributed by atoms with E-state index in [-0.39, 0.29) is 23.2 Å². The quantitative estimate of drug-likeness (QED) is 0.625. The Morgan fingerprint density at radius 3 is 2.18 bits per heavy atom. The van der Waals surface area contributed by atoms with Crippen LogP contribution in [0, 0.1) is 11.8 Å². The van der Waals surface area contributed by atoms with E-state index in [1.54, 1.807) is 6.82 Å². The minimum Gasteiger partial charge on any atom is -0.437 e. The first-order valence-corrected chi connectivity index (χ1v) is 15.0. The molecule has 1 amide bonds. The highest BCUT2D eigenvalue weighted by atomic mass is 16.2. The smallest absolute Gasteiger partial charge is 0.376 e. The molecule has 4 aliphatic rings. The Kier molecular flexibility index (Phi) is 7.60. The van der Waals surface area contributed by atoms with Crippen LogP contribution >= 0.6 is 0 Å². The van der Waals surface area contributed by atoms with Crippen molar-refractivity contribution in [1.29, 1.82) is 0 Å². The van der Waals surface area contributed by atoms with Gasteiger partial charge in [-0.1, -0.05) is 44.2 Å². The van der Waals surface area contributed by atoms with E-state index in [1.165, 1.54) is 44.9 Å². The summed E-state index contributed by atoms with van der Waals surface area (Å²) < 4.78 is 1.90. The third kappa shape index (κ3) is 5.05. The van der Waals surface area contributed by atoms with E-state index in [0.717, 1.165) is 50.1 Å². The van der Waals surface area contributed by atoms with Crippen LogP contribution in [0.5, 0.6) is 0 Å². The van der Waals surface area contributed by atoms with Gasteiger partial charge in [-0.3, -0.25) is 9.59 Å². The highest BCUT2D eigenvalue weighted by molar-refractivity contribution is 6.45. The fraction of sp³-hybridized carbons (Fsp3) is 0.690. The average molecular weight is 519 g/mol. The van der Waals surface area contributed by atoms with E-state index in [9.17, 15) is 14.6 Å². The number of rotatable bonds is 4. The van der Waals surface area contributed by atoms with Gasteiger partial charge in [-0.25, -0.2) is 4.98 Å². The summed E-state index contributed by atoms with van der Waals surface area (Å²) in [6, 6.07) is 8.55. The van der Waals surface area contributed by atoms with E-state index in [0.29, 0.717) is 31.0 Å². The van der Waals surface area contributed by atoms with Crippen LogP contribution < -0.4 is 5.56 Å². The number of nitrogens with zero attached hydrogens (tertiary/aromatic N) is 5. The fourth-order valence-electron chi connectivity index (χ4n) is 7.62. The SMILES string of the molecule is CB(O)N1CC2CN(C(=O)c3nc4ccccc4n(C4CCN(C5CCCCCCC5)CC4)c3=O)CC2C1. The molecule has 0 radical (unpaired) electrons. The van der Waals surface area contributed by atoms with Crippen molar-refractivity contribution in [3.63, 3.8) is 0 Å². The molecular formula is C29H42BN5O3. The molecule has 3 aliphatic heterocycles. The molecule has 8 nitrogen and oxygen atoms in total. The molecule has 4 heterocycles. The van der Waals surface area contributed by atoms with Crippen LogP contribution in [0.4, 0.5) is 0 Å². The summed E-state index contributed by atoms with van der Waals surface area (Å²) in [6.45, 7) is 6.66. The van der Waals surface area contributed by atoms with Crippen molar-refractivity contribution in [2.75, 3.05) is 39.3 Å². The van der Waals surface area contributed by atoms with Gasteiger partial charge in [-0.2, -0.15) is 0 Å². The zero-order valence-electron chi connectivity index (χ0n) is 22.8. The first-order chi connectivity index (χ1) is 18.5. The summed E-state index contributed by atoms with van der Waals surface area (Å²) in [4.78, 5) is 38.8.